The highest BCUT2D eigenvalue weighted by Gasteiger charge is 2.09. The summed E-state index contributed by atoms with van der Waals surface area (Å²) in [4.78, 5) is 16.8. The highest BCUT2D eigenvalue weighted by Crippen LogP contribution is 2.13. The molecule has 0 bridgehead atoms. The molecule has 0 saturated heterocycles. The lowest BCUT2D eigenvalue weighted by atomic mass is 10.2. The molecule has 2 rings (SSSR count). The van der Waals surface area contributed by atoms with Crippen molar-refractivity contribution in [3.8, 4) is 0 Å². The molecule has 0 spiro atoms. The highest BCUT2D eigenvalue weighted by molar-refractivity contribution is 5.40. The van der Waals surface area contributed by atoms with Gasteiger partial charge in [-0.1, -0.05) is 0 Å². The second-order valence-corrected chi connectivity index (χ2v) is 3.84. The summed E-state index contributed by atoms with van der Waals surface area (Å²) in [6.45, 7) is 2.69. The van der Waals surface area contributed by atoms with Gasteiger partial charge in [-0.25, -0.2) is 0 Å². The average molecular weight is 233 g/mol. The van der Waals surface area contributed by atoms with Gasteiger partial charge in [-0.05, 0) is 18.6 Å². The molecule has 0 fully saturated rings. The van der Waals surface area contributed by atoms with Crippen LogP contribution in [0, 0.1) is 6.92 Å². The second-order valence-electron chi connectivity index (χ2n) is 3.84. The van der Waals surface area contributed by atoms with Crippen LogP contribution in [-0.2, 0) is 6.54 Å². The van der Waals surface area contributed by atoms with Gasteiger partial charge in [0.2, 0.25) is 17.8 Å². The number of hydrogen-bond donors (Lipinski definition) is 3. The Labute approximate surface area is 98.9 Å². The molecule has 0 unspecified atom stereocenters. The lowest BCUT2D eigenvalue weighted by Crippen LogP contribution is -2.21. The molecular weight excluding hydrogens is 218 g/mol. The number of nitrogen functional groups attached to an aromatic ring is 2. The number of aromatic nitrogens is 4. The molecule has 0 aliphatic heterocycles. The summed E-state index contributed by atoms with van der Waals surface area (Å²) in [7, 11) is 1.88. The van der Waals surface area contributed by atoms with Crippen LogP contribution in [-0.4, -0.2) is 27.0 Å². The van der Waals surface area contributed by atoms with Gasteiger partial charge >= 0.3 is 0 Å². The molecule has 7 nitrogen and oxygen atoms in total. The Hall–Kier alpha value is -2.31. The quantitative estimate of drug-likeness (QED) is 0.703. The molecule has 0 atom stereocenters. The molecular formula is C10H15N7. The van der Waals surface area contributed by atoms with Crippen LogP contribution in [0.15, 0.2) is 12.3 Å². The van der Waals surface area contributed by atoms with E-state index in [1.165, 1.54) is 5.56 Å². The van der Waals surface area contributed by atoms with Gasteiger partial charge < -0.3 is 21.4 Å². The summed E-state index contributed by atoms with van der Waals surface area (Å²) >= 11 is 0. The molecule has 2 heterocycles. The maximum absolute atomic E-state index is 5.53. The number of nitrogens with zero attached hydrogens (tertiary/aromatic N) is 4. The summed E-state index contributed by atoms with van der Waals surface area (Å²) in [6, 6.07) is 2.01. The molecule has 2 aromatic heterocycles. The maximum atomic E-state index is 5.53. The second kappa shape index (κ2) is 4.28. The Morgan fingerprint density at radius 3 is 2.41 bits per heavy atom. The van der Waals surface area contributed by atoms with Gasteiger partial charge in [-0.15, -0.1) is 0 Å². The van der Waals surface area contributed by atoms with E-state index in [-0.39, 0.29) is 11.9 Å². The summed E-state index contributed by atoms with van der Waals surface area (Å²) in [6.07, 6.45) is 1.90. The summed E-state index contributed by atoms with van der Waals surface area (Å²) in [5, 5.41) is 0. The topological polar surface area (TPSA) is 110 Å². The standard InChI is InChI=1S/C10H15N7/c1-6-7(3-4-13-6)5-17(2)10-15-8(11)14-9(12)16-10/h3-4,13H,5H2,1-2H3,(H4,11,12,14,15,16). The fourth-order valence-electron chi connectivity index (χ4n) is 1.55. The largest absolute Gasteiger partial charge is 0.368 e. The van der Waals surface area contributed by atoms with Crippen molar-refractivity contribution in [2.24, 2.45) is 0 Å². The zero-order chi connectivity index (χ0) is 12.4. The number of H-pyrrole nitrogens is 1. The highest BCUT2D eigenvalue weighted by atomic mass is 15.3. The van der Waals surface area contributed by atoms with Crippen LogP contribution in [0.25, 0.3) is 0 Å². The van der Waals surface area contributed by atoms with E-state index >= 15 is 0 Å². The number of rotatable bonds is 3. The minimum Gasteiger partial charge on any atom is -0.368 e. The zero-order valence-corrected chi connectivity index (χ0v) is 9.81. The van der Waals surface area contributed by atoms with Crippen LogP contribution >= 0.6 is 0 Å². The smallest absolute Gasteiger partial charge is 0.231 e. The van der Waals surface area contributed by atoms with Crippen LogP contribution in [0.4, 0.5) is 17.8 Å². The fraction of sp³-hybridized carbons (Fsp3) is 0.300. The summed E-state index contributed by atoms with van der Waals surface area (Å²) < 4.78 is 0. The van der Waals surface area contributed by atoms with E-state index in [1.54, 1.807) is 0 Å². The number of nitrogens with one attached hydrogen (secondary N) is 1. The van der Waals surface area contributed by atoms with Gasteiger partial charge in [0.05, 0.1) is 0 Å². The third-order valence-electron chi connectivity index (χ3n) is 2.47. The van der Waals surface area contributed by atoms with E-state index in [2.05, 4.69) is 19.9 Å². The number of aromatic amines is 1. The molecule has 2 aromatic rings. The van der Waals surface area contributed by atoms with Crippen LogP contribution in [0.1, 0.15) is 11.3 Å². The lowest BCUT2D eigenvalue weighted by Gasteiger charge is -2.16. The van der Waals surface area contributed by atoms with Crippen LogP contribution < -0.4 is 16.4 Å². The average Bonchev–Trinajstić information content (AvgIpc) is 2.63. The first kappa shape index (κ1) is 11.2. The van der Waals surface area contributed by atoms with Crippen molar-refractivity contribution in [2.75, 3.05) is 23.4 Å². The minimum absolute atomic E-state index is 0.130. The monoisotopic (exact) mass is 233 g/mol. The van der Waals surface area contributed by atoms with Gasteiger partial charge in [0, 0.05) is 25.5 Å². The molecule has 0 aromatic carbocycles. The molecule has 0 radical (unpaired) electrons. The number of hydrogen-bond acceptors (Lipinski definition) is 6. The van der Waals surface area contributed by atoms with E-state index in [1.807, 2.05) is 31.1 Å². The number of aryl methyl sites for hydroxylation is 1. The molecule has 17 heavy (non-hydrogen) atoms. The molecule has 0 saturated carbocycles. The van der Waals surface area contributed by atoms with Gasteiger partial charge in [-0.3, -0.25) is 0 Å². The Bertz CT molecular complexity index is 499. The Balaban J connectivity index is 2.20. The third-order valence-corrected chi connectivity index (χ3v) is 2.47. The molecule has 90 valence electrons. The van der Waals surface area contributed by atoms with E-state index in [0.29, 0.717) is 12.5 Å². The summed E-state index contributed by atoms with van der Waals surface area (Å²) in [5.74, 6) is 0.728. The van der Waals surface area contributed by atoms with Gasteiger partial charge in [0.15, 0.2) is 0 Å². The predicted molar refractivity (Wildman–Crippen MR) is 66.3 cm³/mol. The van der Waals surface area contributed by atoms with Crippen LogP contribution in [0.2, 0.25) is 0 Å². The Morgan fingerprint density at radius 1 is 1.24 bits per heavy atom. The van der Waals surface area contributed by atoms with Crippen molar-refractivity contribution < 1.29 is 0 Å². The third kappa shape index (κ3) is 2.44. The minimum atomic E-state index is 0.130. The van der Waals surface area contributed by atoms with Crippen molar-refractivity contribution in [3.05, 3.63) is 23.5 Å². The fourth-order valence-corrected chi connectivity index (χ4v) is 1.55. The normalized spacial score (nSPS) is 10.5. The van der Waals surface area contributed by atoms with Crippen molar-refractivity contribution in [3.63, 3.8) is 0 Å². The van der Waals surface area contributed by atoms with E-state index < -0.39 is 0 Å². The zero-order valence-electron chi connectivity index (χ0n) is 9.81. The lowest BCUT2D eigenvalue weighted by molar-refractivity contribution is 0.855. The first-order valence-electron chi connectivity index (χ1n) is 5.17. The Kier molecular flexibility index (Phi) is 2.82. The van der Waals surface area contributed by atoms with Crippen LogP contribution in [0.3, 0.4) is 0 Å². The first-order valence-corrected chi connectivity index (χ1v) is 5.17. The molecule has 5 N–H and O–H groups in total. The van der Waals surface area contributed by atoms with E-state index in [4.69, 9.17) is 11.5 Å². The number of nitrogens with two attached hydrogens (primary N) is 2. The first-order chi connectivity index (χ1) is 8.06. The predicted octanol–water partition coefficient (Wildman–Crippen LogP) is 0.309. The van der Waals surface area contributed by atoms with Gasteiger partial charge in [-0.2, -0.15) is 15.0 Å². The van der Waals surface area contributed by atoms with E-state index in [9.17, 15) is 0 Å². The van der Waals surface area contributed by atoms with E-state index in [0.717, 1.165) is 5.69 Å². The number of anilines is 3. The molecule has 0 aliphatic carbocycles. The Morgan fingerprint density at radius 2 is 1.88 bits per heavy atom. The van der Waals surface area contributed by atoms with Crippen molar-refractivity contribution in [2.45, 2.75) is 13.5 Å². The van der Waals surface area contributed by atoms with Crippen molar-refractivity contribution in [1.82, 2.24) is 19.9 Å². The van der Waals surface area contributed by atoms with Gasteiger partial charge in [0.1, 0.15) is 0 Å². The molecule has 0 aliphatic rings. The van der Waals surface area contributed by atoms with Crippen LogP contribution in [0.5, 0.6) is 0 Å². The molecule has 0 amide bonds. The molecule has 7 heteroatoms. The van der Waals surface area contributed by atoms with Gasteiger partial charge in [0.25, 0.3) is 0 Å². The maximum Gasteiger partial charge on any atom is 0.231 e. The van der Waals surface area contributed by atoms with Crippen molar-refractivity contribution >= 4 is 17.8 Å². The SMILES string of the molecule is Cc1[nH]ccc1CN(C)c1nc(N)nc(N)n1. The van der Waals surface area contributed by atoms with Crippen molar-refractivity contribution in [1.29, 1.82) is 0 Å². The summed E-state index contributed by atoms with van der Waals surface area (Å²) in [5.41, 5.74) is 13.3.